The zero-order valence-electron chi connectivity index (χ0n) is 11.6. The number of carbonyl (C=O) groups excluding carboxylic acids is 1. The second kappa shape index (κ2) is 6.52. The van der Waals surface area contributed by atoms with Crippen molar-refractivity contribution in [2.24, 2.45) is 0 Å². The van der Waals surface area contributed by atoms with Crippen molar-refractivity contribution in [3.05, 3.63) is 41.7 Å². The molecule has 0 aliphatic heterocycles. The van der Waals surface area contributed by atoms with Gasteiger partial charge >= 0.3 is 5.97 Å². The summed E-state index contributed by atoms with van der Waals surface area (Å²) in [6.45, 7) is 0. The first-order valence-electron chi connectivity index (χ1n) is 7.01. The van der Waals surface area contributed by atoms with E-state index < -0.39 is 17.4 Å². The lowest BCUT2D eigenvalue weighted by Crippen LogP contribution is -2.55. The third kappa shape index (κ3) is 3.90. The fourth-order valence-corrected chi connectivity index (χ4v) is 2.57. The maximum atomic E-state index is 12.8. The molecule has 1 aliphatic rings. The Morgan fingerprint density at radius 3 is 2.33 bits per heavy atom. The van der Waals surface area contributed by atoms with E-state index in [0.29, 0.717) is 18.4 Å². The van der Waals surface area contributed by atoms with Gasteiger partial charge in [0.25, 0.3) is 0 Å². The summed E-state index contributed by atoms with van der Waals surface area (Å²) < 4.78 is 12.8. The molecule has 112 valence electrons. The van der Waals surface area contributed by atoms with Crippen molar-refractivity contribution in [2.45, 2.75) is 37.6 Å². The number of hydrogen-bond donors (Lipinski definition) is 2. The number of carbonyl (C=O) groups is 2. The summed E-state index contributed by atoms with van der Waals surface area (Å²) in [6, 6.07) is 5.70. The van der Waals surface area contributed by atoms with Crippen LogP contribution in [-0.4, -0.2) is 22.5 Å². The first-order valence-corrected chi connectivity index (χ1v) is 7.01. The second-order valence-electron chi connectivity index (χ2n) is 5.32. The van der Waals surface area contributed by atoms with E-state index in [4.69, 9.17) is 0 Å². The van der Waals surface area contributed by atoms with Gasteiger partial charge in [0.1, 0.15) is 11.4 Å². The molecule has 0 bridgehead atoms. The van der Waals surface area contributed by atoms with E-state index in [-0.39, 0.29) is 5.82 Å². The molecule has 0 saturated heterocycles. The van der Waals surface area contributed by atoms with Crippen molar-refractivity contribution >= 4 is 18.0 Å². The third-order valence-electron chi connectivity index (χ3n) is 3.78. The van der Waals surface area contributed by atoms with Crippen LogP contribution in [-0.2, 0) is 9.59 Å². The molecular formula is C16H18FNO3. The normalized spacial score (nSPS) is 17.6. The molecule has 1 aromatic carbocycles. The van der Waals surface area contributed by atoms with Crippen LogP contribution in [0.5, 0.6) is 0 Å². The highest BCUT2D eigenvalue weighted by Crippen LogP contribution is 2.28. The van der Waals surface area contributed by atoms with E-state index in [9.17, 15) is 19.1 Å². The number of aliphatic carboxylic acids is 1. The predicted molar refractivity (Wildman–Crippen MR) is 77.0 cm³/mol. The minimum Gasteiger partial charge on any atom is -0.480 e. The SMILES string of the molecule is O=C(C=Cc1ccc(F)cc1)NC1(C(=O)O)CCCCC1. The van der Waals surface area contributed by atoms with Gasteiger partial charge in [0, 0.05) is 6.08 Å². The minimum atomic E-state index is -1.15. The number of carboxylic acid groups (broad SMARTS) is 1. The quantitative estimate of drug-likeness (QED) is 0.838. The number of carboxylic acids is 1. The van der Waals surface area contributed by atoms with Crippen molar-refractivity contribution in [1.82, 2.24) is 5.32 Å². The Labute approximate surface area is 122 Å². The van der Waals surface area contributed by atoms with E-state index in [1.807, 2.05) is 0 Å². The lowest BCUT2D eigenvalue weighted by molar-refractivity contribution is -0.148. The van der Waals surface area contributed by atoms with Gasteiger partial charge in [-0.05, 0) is 36.6 Å². The molecule has 1 aromatic rings. The van der Waals surface area contributed by atoms with Crippen molar-refractivity contribution in [3.63, 3.8) is 0 Å². The second-order valence-corrected chi connectivity index (χ2v) is 5.32. The van der Waals surface area contributed by atoms with Crippen molar-refractivity contribution in [3.8, 4) is 0 Å². The molecule has 2 N–H and O–H groups in total. The molecular weight excluding hydrogens is 273 g/mol. The molecule has 0 spiro atoms. The van der Waals surface area contributed by atoms with Gasteiger partial charge in [-0.3, -0.25) is 4.79 Å². The highest BCUT2D eigenvalue weighted by Gasteiger charge is 2.40. The van der Waals surface area contributed by atoms with Crippen molar-refractivity contribution in [2.75, 3.05) is 0 Å². The van der Waals surface area contributed by atoms with Crippen LogP contribution in [0.1, 0.15) is 37.7 Å². The molecule has 1 aliphatic carbocycles. The summed E-state index contributed by atoms with van der Waals surface area (Å²) in [7, 11) is 0. The zero-order chi connectivity index (χ0) is 15.3. The van der Waals surface area contributed by atoms with E-state index in [1.54, 1.807) is 12.1 Å². The molecule has 2 rings (SSSR count). The van der Waals surface area contributed by atoms with Crippen LogP contribution in [0.4, 0.5) is 4.39 Å². The molecule has 0 unspecified atom stereocenters. The fraction of sp³-hybridized carbons (Fsp3) is 0.375. The lowest BCUT2D eigenvalue weighted by atomic mass is 9.81. The van der Waals surface area contributed by atoms with Gasteiger partial charge in [0.2, 0.25) is 5.91 Å². The summed E-state index contributed by atoms with van der Waals surface area (Å²) in [5, 5.41) is 12.0. The minimum absolute atomic E-state index is 0.344. The van der Waals surface area contributed by atoms with Gasteiger partial charge in [-0.15, -0.1) is 0 Å². The van der Waals surface area contributed by atoms with Crippen LogP contribution in [0.3, 0.4) is 0 Å². The molecule has 5 heteroatoms. The molecule has 1 amide bonds. The van der Waals surface area contributed by atoms with Crippen LogP contribution >= 0.6 is 0 Å². The van der Waals surface area contributed by atoms with Crippen LogP contribution in [0, 0.1) is 5.82 Å². The number of amides is 1. The summed E-state index contributed by atoms with van der Waals surface area (Å²) in [5.41, 5.74) is -0.470. The molecule has 21 heavy (non-hydrogen) atoms. The van der Waals surface area contributed by atoms with Gasteiger partial charge in [0.15, 0.2) is 0 Å². The molecule has 1 saturated carbocycles. The molecule has 1 fully saturated rings. The Bertz CT molecular complexity index is 545. The van der Waals surface area contributed by atoms with Gasteiger partial charge in [0.05, 0.1) is 0 Å². The van der Waals surface area contributed by atoms with Crippen LogP contribution < -0.4 is 5.32 Å². The largest absolute Gasteiger partial charge is 0.480 e. The highest BCUT2D eigenvalue weighted by molar-refractivity contribution is 5.95. The van der Waals surface area contributed by atoms with Gasteiger partial charge < -0.3 is 10.4 Å². The summed E-state index contributed by atoms with van der Waals surface area (Å²) in [6.07, 6.45) is 6.33. The smallest absolute Gasteiger partial charge is 0.329 e. The first-order chi connectivity index (χ1) is 10.0. The highest BCUT2D eigenvalue weighted by atomic mass is 19.1. The summed E-state index contributed by atoms with van der Waals surface area (Å²) in [5.74, 6) is -1.77. The Kier molecular flexibility index (Phi) is 4.73. The number of rotatable bonds is 4. The lowest BCUT2D eigenvalue weighted by Gasteiger charge is -2.33. The van der Waals surface area contributed by atoms with Crippen LogP contribution in [0.25, 0.3) is 6.08 Å². The maximum Gasteiger partial charge on any atom is 0.329 e. The van der Waals surface area contributed by atoms with Crippen LogP contribution in [0.2, 0.25) is 0 Å². The molecule has 0 radical (unpaired) electrons. The number of halogens is 1. The third-order valence-corrected chi connectivity index (χ3v) is 3.78. The molecule has 0 heterocycles. The average molecular weight is 291 g/mol. The summed E-state index contributed by atoms with van der Waals surface area (Å²) in [4.78, 5) is 23.4. The van der Waals surface area contributed by atoms with Crippen molar-refractivity contribution in [1.29, 1.82) is 0 Å². The van der Waals surface area contributed by atoms with E-state index >= 15 is 0 Å². The van der Waals surface area contributed by atoms with E-state index in [2.05, 4.69) is 5.32 Å². The zero-order valence-corrected chi connectivity index (χ0v) is 11.6. The Balaban J connectivity index is 2.02. The predicted octanol–water partition coefficient (Wildman–Crippen LogP) is 2.74. The van der Waals surface area contributed by atoms with E-state index in [0.717, 1.165) is 19.3 Å². The van der Waals surface area contributed by atoms with Crippen molar-refractivity contribution < 1.29 is 19.1 Å². The Morgan fingerprint density at radius 1 is 1.14 bits per heavy atom. The standard InChI is InChI=1S/C16H18FNO3/c17-13-7-4-12(5-8-13)6-9-14(19)18-16(15(20)21)10-2-1-3-11-16/h4-9H,1-3,10-11H2,(H,18,19)(H,20,21). The molecule has 0 aromatic heterocycles. The van der Waals surface area contributed by atoms with Gasteiger partial charge in [-0.1, -0.05) is 31.4 Å². The molecule has 0 atom stereocenters. The number of hydrogen-bond acceptors (Lipinski definition) is 2. The van der Waals surface area contributed by atoms with Gasteiger partial charge in [-0.25, -0.2) is 9.18 Å². The number of nitrogens with one attached hydrogen (secondary N) is 1. The fourth-order valence-electron chi connectivity index (χ4n) is 2.57. The first kappa shape index (κ1) is 15.2. The average Bonchev–Trinajstić information content (AvgIpc) is 2.47. The Hall–Kier alpha value is -2.17. The Morgan fingerprint density at radius 2 is 1.76 bits per heavy atom. The molecule has 4 nitrogen and oxygen atoms in total. The van der Waals surface area contributed by atoms with Crippen LogP contribution in [0.15, 0.2) is 30.3 Å². The topological polar surface area (TPSA) is 66.4 Å². The summed E-state index contributed by atoms with van der Waals surface area (Å²) >= 11 is 0. The monoisotopic (exact) mass is 291 g/mol. The van der Waals surface area contributed by atoms with E-state index in [1.165, 1.54) is 24.3 Å². The van der Waals surface area contributed by atoms with Gasteiger partial charge in [-0.2, -0.15) is 0 Å². The number of benzene rings is 1. The maximum absolute atomic E-state index is 12.8.